The van der Waals surface area contributed by atoms with Crippen molar-refractivity contribution in [3.8, 4) is 39.9 Å². The molecule has 6 heteroatoms. The molecule has 0 unspecified atom stereocenters. The number of fused-ring (bicyclic) bond motifs is 9. The third-order valence-corrected chi connectivity index (χ3v) is 11.1. The molecule has 0 amide bonds. The van der Waals surface area contributed by atoms with Gasteiger partial charge in [0.2, 0.25) is 0 Å². The van der Waals surface area contributed by atoms with Crippen molar-refractivity contribution in [2.24, 2.45) is 0 Å². The molecule has 0 N–H and O–H groups in total. The molecule has 0 bridgehead atoms. The molecule has 11 aromatic rings. The predicted molar refractivity (Wildman–Crippen MR) is 211 cm³/mol. The van der Waals surface area contributed by atoms with Gasteiger partial charge in [-0.25, -0.2) is 15.0 Å². The summed E-state index contributed by atoms with van der Waals surface area (Å²) in [4.78, 5) is 15.4. The topological polar surface area (TPSA) is 56.7 Å². The monoisotopic (exact) mass is 670 g/mol. The lowest BCUT2D eigenvalue weighted by Gasteiger charge is -2.11. The lowest BCUT2D eigenvalue weighted by Crippen LogP contribution is -2.00. The van der Waals surface area contributed by atoms with Crippen LogP contribution in [0.3, 0.4) is 0 Å². The number of aromatic nitrogens is 4. The molecule has 5 nitrogen and oxygen atoms in total. The first-order chi connectivity index (χ1) is 25.3. The van der Waals surface area contributed by atoms with E-state index in [1.807, 2.05) is 30.3 Å². The summed E-state index contributed by atoms with van der Waals surface area (Å²) in [7, 11) is 0. The van der Waals surface area contributed by atoms with Crippen molar-refractivity contribution in [3.63, 3.8) is 0 Å². The van der Waals surface area contributed by atoms with Crippen LogP contribution >= 0.6 is 11.3 Å². The third kappa shape index (κ3) is 4.37. The van der Waals surface area contributed by atoms with Crippen LogP contribution < -0.4 is 0 Å². The van der Waals surface area contributed by atoms with Crippen LogP contribution in [0, 0.1) is 0 Å². The van der Waals surface area contributed by atoms with Gasteiger partial charge in [-0.2, -0.15) is 0 Å². The zero-order valence-corrected chi connectivity index (χ0v) is 27.9. The molecule has 0 atom stereocenters. The number of hydrogen-bond acceptors (Lipinski definition) is 5. The van der Waals surface area contributed by atoms with Gasteiger partial charge in [-0.05, 0) is 48.5 Å². The Hall–Kier alpha value is -6.63. The van der Waals surface area contributed by atoms with E-state index < -0.39 is 0 Å². The number of rotatable bonds is 4. The Bertz CT molecular complexity index is 3150. The van der Waals surface area contributed by atoms with Crippen LogP contribution in [-0.4, -0.2) is 19.5 Å². The highest BCUT2D eigenvalue weighted by atomic mass is 32.1. The van der Waals surface area contributed by atoms with Gasteiger partial charge >= 0.3 is 0 Å². The fraction of sp³-hybridized carbons (Fsp3) is 0. The lowest BCUT2D eigenvalue weighted by atomic mass is 10.1. The summed E-state index contributed by atoms with van der Waals surface area (Å²) in [5, 5.41) is 7.01. The molecule has 11 rings (SSSR count). The van der Waals surface area contributed by atoms with Crippen molar-refractivity contribution in [1.82, 2.24) is 19.5 Å². The molecule has 0 saturated carbocycles. The maximum absolute atomic E-state index is 6.18. The Labute approximate surface area is 295 Å². The quantitative estimate of drug-likeness (QED) is 0.187. The molecule has 51 heavy (non-hydrogen) atoms. The Balaban J connectivity index is 1.15. The standard InChI is InChI=1S/C45H26N4OS/c1-2-11-27(12-3-1)43-46-44(48-45(47-43)35-17-10-16-34-33-15-6-9-20-41(33)51-42(34)35)28-21-23-31-30-13-4-7-18-37(30)49(38(31)25-28)29-22-24-40-36(26-29)32-14-5-8-19-39(32)50-40/h1-26H. The van der Waals surface area contributed by atoms with Crippen LogP contribution in [0.4, 0.5) is 0 Å². The minimum atomic E-state index is 0.631. The summed E-state index contributed by atoms with van der Waals surface area (Å²) in [6.45, 7) is 0. The van der Waals surface area contributed by atoms with Crippen LogP contribution in [0.1, 0.15) is 0 Å². The van der Waals surface area contributed by atoms with Gasteiger partial charge in [-0.1, -0.05) is 109 Å². The van der Waals surface area contributed by atoms with Crippen LogP contribution in [0.5, 0.6) is 0 Å². The van der Waals surface area contributed by atoms with E-state index in [0.717, 1.165) is 55.3 Å². The van der Waals surface area contributed by atoms with Gasteiger partial charge < -0.3 is 8.98 Å². The molecule has 4 aromatic heterocycles. The molecule has 238 valence electrons. The van der Waals surface area contributed by atoms with E-state index in [1.54, 1.807) is 11.3 Å². The third-order valence-electron chi connectivity index (χ3n) is 9.86. The van der Waals surface area contributed by atoms with E-state index in [0.29, 0.717) is 17.5 Å². The first-order valence-electron chi connectivity index (χ1n) is 16.9. The van der Waals surface area contributed by atoms with Crippen molar-refractivity contribution in [2.45, 2.75) is 0 Å². The highest BCUT2D eigenvalue weighted by Crippen LogP contribution is 2.41. The van der Waals surface area contributed by atoms with E-state index in [2.05, 4.69) is 132 Å². The second-order valence-corrected chi connectivity index (χ2v) is 13.9. The summed E-state index contributed by atoms with van der Waals surface area (Å²) < 4.78 is 10.9. The number of para-hydroxylation sites is 2. The van der Waals surface area contributed by atoms with Gasteiger partial charge in [-0.3, -0.25) is 0 Å². The molecule has 0 aliphatic rings. The minimum Gasteiger partial charge on any atom is -0.456 e. The number of benzene rings is 7. The fourth-order valence-corrected chi connectivity index (χ4v) is 8.72. The van der Waals surface area contributed by atoms with Crippen LogP contribution in [-0.2, 0) is 0 Å². The first-order valence-corrected chi connectivity index (χ1v) is 17.8. The molecule has 0 spiro atoms. The Kier molecular flexibility index (Phi) is 6.05. The molecule has 0 aliphatic carbocycles. The molecule has 0 saturated heterocycles. The molecular formula is C45H26N4OS. The molecule has 0 aliphatic heterocycles. The van der Waals surface area contributed by atoms with Gasteiger partial charge in [0, 0.05) is 64.1 Å². The molecular weight excluding hydrogens is 645 g/mol. The maximum Gasteiger partial charge on any atom is 0.165 e. The summed E-state index contributed by atoms with van der Waals surface area (Å²) >= 11 is 1.78. The van der Waals surface area contributed by atoms with Crippen molar-refractivity contribution >= 4 is 75.3 Å². The first kappa shape index (κ1) is 28.2. The SMILES string of the molecule is c1ccc(-c2nc(-c3ccc4c5ccccc5n(-c5ccc6oc7ccccc7c6c5)c4c3)nc(-c3cccc4c3sc3ccccc34)n2)cc1. The smallest absolute Gasteiger partial charge is 0.165 e. The average molecular weight is 671 g/mol. The summed E-state index contributed by atoms with van der Waals surface area (Å²) in [6.07, 6.45) is 0. The van der Waals surface area contributed by atoms with Crippen molar-refractivity contribution < 1.29 is 4.42 Å². The minimum absolute atomic E-state index is 0.631. The largest absolute Gasteiger partial charge is 0.456 e. The Morgan fingerprint density at radius 2 is 1.12 bits per heavy atom. The summed E-state index contributed by atoms with van der Waals surface area (Å²) in [5.74, 6) is 1.94. The summed E-state index contributed by atoms with van der Waals surface area (Å²) in [6, 6.07) is 55.0. The Morgan fingerprint density at radius 1 is 0.431 bits per heavy atom. The van der Waals surface area contributed by atoms with Gasteiger partial charge in [-0.15, -0.1) is 11.3 Å². The van der Waals surface area contributed by atoms with E-state index >= 15 is 0 Å². The fourth-order valence-electron chi connectivity index (χ4n) is 7.51. The van der Waals surface area contributed by atoms with Gasteiger partial charge in [0.05, 0.1) is 11.0 Å². The normalized spacial score (nSPS) is 11.9. The lowest BCUT2D eigenvalue weighted by molar-refractivity contribution is 0.669. The second kappa shape index (κ2) is 10.9. The zero-order chi connectivity index (χ0) is 33.5. The summed E-state index contributed by atoms with van der Waals surface area (Å²) in [5.41, 5.74) is 7.92. The van der Waals surface area contributed by atoms with E-state index in [1.165, 1.54) is 30.9 Å². The van der Waals surface area contributed by atoms with Crippen LogP contribution in [0.25, 0.3) is 104 Å². The predicted octanol–water partition coefficient (Wildman–Crippen LogP) is 12.2. The van der Waals surface area contributed by atoms with Crippen molar-refractivity contribution in [2.75, 3.05) is 0 Å². The van der Waals surface area contributed by atoms with Crippen molar-refractivity contribution in [1.29, 1.82) is 0 Å². The average Bonchev–Trinajstić information content (AvgIpc) is 3.87. The Morgan fingerprint density at radius 3 is 2.02 bits per heavy atom. The number of hydrogen-bond donors (Lipinski definition) is 0. The van der Waals surface area contributed by atoms with Crippen LogP contribution in [0.2, 0.25) is 0 Å². The van der Waals surface area contributed by atoms with Crippen molar-refractivity contribution in [3.05, 3.63) is 158 Å². The zero-order valence-electron chi connectivity index (χ0n) is 27.1. The number of nitrogens with zero attached hydrogens (tertiary/aromatic N) is 4. The highest BCUT2D eigenvalue weighted by Gasteiger charge is 2.19. The van der Waals surface area contributed by atoms with E-state index in [4.69, 9.17) is 19.4 Å². The number of furan rings is 1. The maximum atomic E-state index is 6.18. The van der Waals surface area contributed by atoms with Gasteiger partial charge in [0.1, 0.15) is 11.2 Å². The second-order valence-electron chi connectivity index (χ2n) is 12.8. The van der Waals surface area contributed by atoms with Gasteiger partial charge in [0.15, 0.2) is 17.5 Å². The highest BCUT2D eigenvalue weighted by molar-refractivity contribution is 7.26. The molecule has 0 radical (unpaired) electrons. The van der Waals surface area contributed by atoms with Gasteiger partial charge in [0.25, 0.3) is 0 Å². The molecule has 0 fully saturated rings. The van der Waals surface area contributed by atoms with E-state index in [-0.39, 0.29) is 0 Å². The van der Waals surface area contributed by atoms with Crippen LogP contribution in [0.15, 0.2) is 162 Å². The molecule has 4 heterocycles. The molecule has 7 aromatic carbocycles. The van der Waals surface area contributed by atoms with E-state index in [9.17, 15) is 0 Å². The number of thiophene rings is 1.